The van der Waals surface area contributed by atoms with Crippen LogP contribution in [-0.2, 0) is 0 Å². The van der Waals surface area contributed by atoms with Crippen molar-refractivity contribution in [3.8, 4) is 0 Å². The Kier molecular flexibility index (Phi) is 6.16. The van der Waals surface area contributed by atoms with Gasteiger partial charge in [-0.15, -0.1) is 0 Å². The molecule has 1 aliphatic carbocycles. The van der Waals surface area contributed by atoms with Gasteiger partial charge < -0.3 is 26.8 Å². The zero-order chi connectivity index (χ0) is 21.0. The molecular formula is C20H24FN5O3. The molecule has 1 saturated carbocycles. The van der Waals surface area contributed by atoms with Gasteiger partial charge in [0.1, 0.15) is 5.82 Å². The summed E-state index contributed by atoms with van der Waals surface area (Å²) in [7, 11) is 0. The van der Waals surface area contributed by atoms with Crippen LogP contribution < -0.4 is 21.7 Å². The number of benzene rings is 1. The maximum absolute atomic E-state index is 14.6. The van der Waals surface area contributed by atoms with Crippen LogP contribution in [0.3, 0.4) is 0 Å². The van der Waals surface area contributed by atoms with Gasteiger partial charge in [-0.3, -0.25) is 4.79 Å². The number of carbonyl (C=O) groups is 2. The normalized spacial score (nSPS) is 18.7. The van der Waals surface area contributed by atoms with Crippen molar-refractivity contribution >= 4 is 29.3 Å². The molecule has 8 nitrogen and oxygen atoms in total. The van der Waals surface area contributed by atoms with Gasteiger partial charge in [0.15, 0.2) is 11.6 Å². The fourth-order valence-electron chi connectivity index (χ4n) is 3.54. The summed E-state index contributed by atoms with van der Waals surface area (Å²) in [6.45, 7) is 1.92. The van der Waals surface area contributed by atoms with Gasteiger partial charge in [-0.2, -0.15) is 0 Å². The molecule has 3 rings (SSSR count). The summed E-state index contributed by atoms with van der Waals surface area (Å²) in [5.41, 5.74) is 7.01. The molecule has 2 atom stereocenters. The number of rotatable bonds is 6. The minimum atomic E-state index is -1.12. The van der Waals surface area contributed by atoms with Crippen LogP contribution in [0.5, 0.6) is 0 Å². The molecule has 0 unspecified atom stereocenters. The van der Waals surface area contributed by atoms with Crippen LogP contribution in [0.15, 0.2) is 30.3 Å². The molecule has 9 heteroatoms. The van der Waals surface area contributed by atoms with E-state index in [1.807, 2.05) is 25.1 Å². The molecule has 0 saturated heterocycles. The number of halogens is 1. The van der Waals surface area contributed by atoms with Crippen molar-refractivity contribution in [1.82, 2.24) is 10.3 Å². The van der Waals surface area contributed by atoms with E-state index in [1.54, 1.807) is 6.07 Å². The first-order valence-corrected chi connectivity index (χ1v) is 9.43. The molecule has 1 heterocycles. The molecule has 1 aliphatic rings. The lowest BCUT2D eigenvalue weighted by atomic mass is 9.90. The van der Waals surface area contributed by atoms with E-state index in [9.17, 15) is 14.0 Å². The van der Waals surface area contributed by atoms with Gasteiger partial charge in [-0.1, -0.05) is 25.0 Å². The zero-order valence-electron chi connectivity index (χ0n) is 16.0. The molecule has 2 amide bonds. The number of nitrogens with one attached hydrogen (secondary N) is 3. The molecule has 6 N–H and O–H groups in total. The van der Waals surface area contributed by atoms with Crippen LogP contribution in [-0.4, -0.2) is 34.2 Å². The van der Waals surface area contributed by atoms with Crippen molar-refractivity contribution < 1.29 is 19.1 Å². The molecule has 0 radical (unpaired) electrons. The Morgan fingerprint density at radius 1 is 1.17 bits per heavy atom. The van der Waals surface area contributed by atoms with Crippen molar-refractivity contribution in [2.45, 2.75) is 44.7 Å². The number of hydrogen-bond acceptors (Lipinski definition) is 5. The van der Waals surface area contributed by atoms with Crippen molar-refractivity contribution in [2.75, 3.05) is 10.6 Å². The average molecular weight is 401 g/mol. The number of aromatic nitrogens is 1. The molecule has 1 aromatic carbocycles. The van der Waals surface area contributed by atoms with Crippen LogP contribution >= 0.6 is 0 Å². The fourth-order valence-corrected chi connectivity index (χ4v) is 3.54. The zero-order valence-corrected chi connectivity index (χ0v) is 16.0. The van der Waals surface area contributed by atoms with Crippen LogP contribution in [0.2, 0.25) is 0 Å². The lowest BCUT2D eigenvalue weighted by Gasteiger charge is -2.32. The van der Waals surface area contributed by atoms with Crippen molar-refractivity contribution in [2.24, 2.45) is 5.73 Å². The Labute approximate surface area is 167 Å². The first-order chi connectivity index (χ1) is 13.8. The number of anilines is 3. The van der Waals surface area contributed by atoms with Crippen LogP contribution in [0, 0.1) is 12.7 Å². The summed E-state index contributed by atoms with van der Waals surface area (Å²) in [6, 6.07) is 7.79. The maximum Gasteiger partial charge on any atom is 0.404 e. The Morgan fingerprint density at radius 2 is 1.90 bits per heavy atom. The second kappa shape index (κ2) is 8.76. The second-order valence-electron chi connectivity index (χ2n) is 7.16. The van der Waals surface area contributed by atoms with E-state index in [2.05, 4.69) is 20.9 Å². The molecule has 2 aromatic rings. The third kappa shape index (κ3) is 5.13. The number of carboxylic acid groups (broad SMARTS) is 1. The number of pyridine rings is 1. The highest BCUT2D eigenvalue weighted by Crippen LogP contribution is 2.27. The van der Waals surface area contributed by atoms with Gasteiger partial charge in [0.2, 0.25) is 0 Å². The smallest absolute Gasteiger partial charge is 0.404 e. The van der Waals surface area contributed by atoms with Crippen molar-refractivity contribution in [3.05, 3.63) is 47.3 Å². The van der Waals surface area contributed by atoms with Gasteiger partial charge in [-0.05, 0) is 43.5 Å². The number of aryl methyl sites for hydroxylation is 1. The van der Waals surface area contributed by atoms with Gasteiger partial charge in [0.25, 0.3) is 5.91 Å². The molecule has 1 aromatic heterocycles. The Hall–Kier alpha value is -3.36. The number of primary amides is 1. The SMILES string of the molecule is Cc1cccc(Nc2nc(N[C@@H]3CCCC[C@@H]3NC(=O)O)c(F)cc2C(N)=O)c1. The number of amides is 2. The van der Waals surface area contributed by atoms with Gasteiger partial charge in [-0.25, -0.2) is 14.2 Å². The number of nitrogens with zero attached hydrogens (tertiary/aromatic N) is 1. The standard InChI is InChI=1S/C20H24FN5O3/c1-11-5-4-6-12(9-11)23-18-13(17(22)27)10-14(21)19(26-18)24-15-7-2-3-8-16(15)25-20(28)29/h4-6,9-10,15-16,25H,2-3,7-8H2,1H3,(H2,22,27)(H,28,29)(H2,23,24,26)/t15-,16+/m1/s1. The minimum absolute atomic E-state index is 0.0609. The van der Waals surface area contributed by atoms with Crippen LogP contribution in [0.1, 0.15) is 41.6 Å². The first-order valence-electron chi connectivity index (χ1n) is 9.43. The molecule has 0 aliphatic heterocycles. The number of nitrogens with two attached hydrogens (primary N) is 1. The third-order valence-corrected chi connectivity index (χ3v) is 4.92. The third-order valence-electron chi connectivity index (χ3n) is 4.92. The minimum Gasteiger partial charge on any atom is -0.465 e. The van der Waals surface area contributed by atoms with Crippen LogP contribution in [0.25, 0.3) is 0 Å². The molecule has 0 spiro atoms. The summed E-state index contributed by atoms with van der Waals surface area (Å²) < 4.78 is 14.6. The Bertz CT molecular complexity index is 921. The summed E-state index contributed by atoms with van der Waals surface area (Å²) in [5, 5.41) is 17.5. The summed E-state index contributed by atoms with van der Waals surface area (Å²) in [4.78, 5) is 27.1. The molecule has 154 valence electrons. The lowest BCUT2D eigenvalue weighted by Crippen LogP contribution is -2.48. The fraction of sp³-hybridized carbons (Fsp3) is 0.350. The highest BCUT2D eigenvalue weighted by atomic mass is 19.1. The molecule has 29 heavy (non-hydrogen) atoms. The van der Waals surface area contributed by atoms with E-state index in [-0.39, 0.29) is 29.3 Å². The highest BCUT2D eigenvalue weighted by Gasteiger charge is 2.28. The van der Waals surface area contributed by atoms with E-state index in [0.29, 0.717) is 18.5 Å². The molecule has 0 bridgehead atoms. The van der Waals surface area contributed by atoms with Crippen LogP contribution in [0.4, 0.5) is 26.5 Å². The topological polar surface area (TPSA) is 129 Å². The summed E-state index contributed by atoms with van der Waals surface area (Å²) in [6.07, 6.45) is 1.98. The Morgan fingerprint density at radius 3 is 2.55 bits per heavy atom. The quantitative estimate of drug-likeness (QED) is 0.505. The number of hydrogen-bond donors (Lipinski definition) is 5. The highest BCUT2D eigenvalue weighted by molar-refractivity contribution is 5.98. The maximum atomic E-state index is 14.6. The second-order valence-corrected chi connectivity index (χ2v) is 7.16. The predicted octanol–water partition coefficient (Wildman–Crippen LogP) is 3.36. The van der Waals surface area contributed by atoms with E-state index < -0.39 is 17.8 Å². The predicted molar refractivity (Wildman–Crippen MR) is 108 cm³/mol. The van der Waals surface area contributed by atoms with Crippen molar-refractivity contribution in [3.63, 3.8) is 0 Å². The van der Waals surface area contributed by atoms with E-state index in [4.69, 9.17) is 10.8 Å². The average Bonchev–Trinajstić information content (AvgIpc) is 2.65. The van der Waals surface area contributed by atoms with E-state index in [0.717, 1.165) is 24.5 Å². The van der Waals surface area contributed by atoms with Crippen molar-refractivity contribution in [1.29, 1.82) is 0 Å². The summed E-state index contributed by atoms with van der Waals surface area (Å²) >= 11 is 0. The lowest BCUT2D eigenvalue weighted by molar-refractivity contribution is 0.100. The van der Waals surface area contributed by atoms with Gasteiger partial charge in [0.05, 0.1) is 11.6 Å². The molecular weight excluding hydrogens is 377 g/mol. The monoisotopic (exact) mass is 401 g/mol. The summed E-state index contributed by atoms with van der Waals surface area (Å²) in [5.74, 6) is -1.46. The van der Waals surface area contributed by atoms with E-state index in [1.165, 1.54) is 0 Å². The largest absolute Gasteiger partial charge is 0.465 e. The van der Waals surface area contributed by atoms with E-state index >= 15 is 0 Å². The van der Waals surface area contributed by atoms with Gasteiger partial charge in [0, 0.05) is 11.7 Å². The Balaban J connectivity index is 1.90. The number of carbonyl (C=O) groups excluding carboxylic acids is 1. The first kappa shape index (κ1) is 20.4. The molecule has 1 fully saturated rings. The van der Waals surface area contributed by atoms with Gasteiger partial charge >= 0.3 is 6.09 Å².